The molecule has 4 nitrogen and oxygen atoms in total. The molecule has 1 aromatic heterocycles. The van der Waals surface area contributed by atoms with Crippen molar-refractivity contribution in [1.29, 1.82) is 0 Å². The van der Waals surface area contributed by atoms with Gasteiger partial charge in [-0.3, -0.25) is 9.56 Å². The molecule has 1 aliphatic heterocycles. The molecule has 0 aliphatic carbocycles. The molecule has 0 saturated heterocycles. The second-order valence-electron chi connectivity index (χ2n) is 5.87. The van der Waals surface area contributed by atoms with Crippen molar-refractivity contribution >= 4 is 47.1 Å². The minimum atomic E-state index is 0.182. The first-order valence-electron chi connectivity index (χ1n) is 8.06. The number of allylic oxidation sites excluding steroid dienone is 1. The van der Waals surface area contributed by atoms with Gasteiger partial charge in [0, 0.05) is 17.4 Å². The van der Waals surface area contributed by atoms with Crippen molar-refractivity contribution in [2.75, 3.05) is 7.11 Å². The van der Waals surface area contributed by atoms with Crippen molar-refractivity contribution in [3.8, 4) is 11.6 Å². The van der Waals surface area contributed by atoms with E-state index in [9.17, 15) is 5.11 Å². The summed E-state index contributed by atoms with van der Waals surface area (Å²) in [5.74, 6) is 0.984. The zero-order valence-electron chi connectivity index (χ0n) is 14.0. The lowest BCUT2D eigenvalue weighted by atomic mass is 10.1. The lowest BCUT2D eigenvalue weighted by Crippen LogP contribution is -1.99. The Morgan fingerprint density at radius 3 is 2.73 bits per heavy atom. The Morgan fingerprint density at radius 1 is 1.19 bits per heavy atom. The van der Waals surface area contributed by atoms with Crippen LogP contribution in [0, 0.1) is 3.95 Å². The van der Waals surface area contributed by atoms with Gasteiger partial charge >= 0.3 is 0 Å². The van der Waals surface area contributed by atoms with Gasteiger partial charge in [0.15, 0.2) is 3.95 Å². The second kappa shape index (κ2) is 6.90. The molecule has 26 heavy (non-hydrogen) atoms. The summed E-state index contributed by atoms with van der Waals surface area (Å²) in [5.41, 5.74) is 4.03. The van der Waals surface area contributed by atoms with Gasteiger partial charge < -0.3 is 9.84 Å². The Morgan fingerprint density at radius 2 is 1.96 bits per heavy atom. The number of fused-ring (bicyclic) bond motifs is 1. The highest BCUT2D eigenvalue weighted by molar-refractivity contribution is 7.73. The molecule has 1 N–H and O–H groups in total. The molecule has 0 atom stereocenters. The number of para-hydroxylation sites is 1. The standard InChI is InChI=1S/C20H16N2O2S2/c1-24-15-8-6-13(7-9-15)12-22-19(23)18(26-20(22)25)10-14-11-21-17-5-3-2-4-16(14)17/h2-11,23H,12H2,1H3/b14-10+. The van der Waals surface area contributed by atoms with Crippen LogP contribution in [0.15, 0.2) is 53.5 Å². The number of benzene rings is 2. The number of aliphatic imine (C=N–C) groups is 1. The maximum atomic E-state index is 10.7. The molecule has 6 heteroatoms. The van der Waals surface area contributed by atoms with Crippen LogP contribution in [0.2, 0.25) is 0 Å². The van der Waals surface area contributed by atoms with E-state index in [4.69, 9.17) is 17.0 Å². The summed E-state index contributed by atoms with van der Waals surface area (Å²) in [6, 6.07) is 15.7. The van der Waals surface area contributed by atoms with Crippen LogP contribution in [0.4, 0.5) is 5.69 Å². The monoisotopic (exact) mass is 380 g/mol. The highest BCUT2D eigenvalue weighted by atomic mass is 32.1. The predicted molar refractivity (Wildman–Crippen MR) is 109 cm³/mol. The Kier molecular flexibility index (Phi) is 4.44. The van der Waals surface area contributed by atoms with Gasteiger partial charge in [-0.05, 0) is 42.1 Å². The zero-order valence-corrected chi connectivity index (χ0v) is 15.7. The molecule has 1 aliphatic rings. The van der Waals surface area contributed by atoms with Crippen LogP contribution in [0.25, 0.3) is 11.6 Å². The number of ether oxygens (including phenoxy) is 1. The third-order valence-electron chi connectivity index (χ3n) is 4.24. The maximum Gasteiger partial charge on any atom is 0.210 e. The molecule has 0 radical (unpaired) electrons. The van der Waals surface area contributed by atoms with Gasteiger partial charge in [-0.2, -0.15) is 0 Å². The number of thiazole rings is 1. The average molecular weight is 380 g/mol. The summed E-state index contributed by atoms with van der Waals surface area (Å²) >= 11 is 6.86. The molecule has 3 aromatic rings. The van der Waals surface area contributed by atoms with Crippen molar-refractivity contribution in [3.63, 3.8) is 0 Å². The molecule has 0 amide bonds. The third kappa shape index (κ3) is 3.09. The minimum absolute atomic E-state index is 0.182. The quantitative estimate of drug-likeness (QED) is 0.625. The van der Waals surface area contributed by atoms with E-state index in [0.717, 1.165) is 33.0 Å². The lowest BCUT2D eigenvalue weighted by molar-refractivity contribution is 0.414. The van der Waals surface area contributed by atoms with Gasteiger partial charge in [0.25, 0.3) is 0 Å². The molecule has 0 saturated carbocycles. The Bertz CT molecular complexity index is 1080. The first-order chi connectivity index (χ1) is 12.7. The van der Waals surface area contributed by atoms with Gasteiger partial charge in [-0.1, -0.05) is 30.3 Å². The van der Waals surface area contributed by atoms with Crippen molar-refractivity contribution in [2.45, 2.75) is 6.54 Å². The predicted octanol–water partition coefficient (Wildman–Crippen LogP) is 5.30. The van der Waals surface area contributed by atoms with Crippen molar-refractivity contribution < 1.29 is 9.84 Å². The fourth-order valence-corrected chi connectivity index (χ4v) is 4.11. The molecule has 0 unspecified atom stereocenters. The van der Waals surface area contributed by atoms with Crippen LogP contribution >= 0.6 is 23.6 Å². The highest BCUT2D eigenvalue weighted by Gasteiger charge is 2.15. The molecule has 2 aromatic carbocycles. The SMILES string of the molecule is COc1ccc(Cn2c(O)c(/C=C3\C=Nc4ccccc43)sc2=S)cc1. The van der Waals surface area contributed by atoms with Crippen LogP contribution in [-0.4, -0.2) is 23.0 Å². The number of nitrogens with zero attached hydrogens (tertiary/aromatic N) is 2. The topological polar surface area (TPSA) is 46.8 Å². The zero-order chi connectivity index (χ0) is 18.1. The maximum absolute atomic E-state index is 10.7. The van der Waals surface area contributed by atoms with Gasteiger partial charge in [-0.25, -0.2) is 0 Å². The van der Waals surface area contributed by atoms with Gasteiger partial charge in [0.05, 0.1) is 24.2 Å². The number of rotatable bonds is 4. The first kappa shape index (κ1) is 16.8. The van der Waals surface area contributed by atoms with Gasteiger partial charge in [0.1, 0.15) is 5.75 Å². The number of methoxy groups -OCH3 is 1. The molecule has 0 spiro atoms. The Labute approximate surface area is 160 Å². The molecular formula is C20H16N2O2S2. The Balaban J connectivity index is 1.66. The first-order valence-corrected chi connectivity index (χ1v) is 9.29. The molecule has 2 heterocycles. The van der Waals surface area contributed by atoms with E-state index in [0.29, 0.717) is 10.5 Å². The van der Waals surface area contributed by atoms with E-state index in [1.807, 2.05) is 60.8 Å². The second-order valence-corrected chi connectivity index (χ2v) is 7.54. The molecule has 4 rings (SSSR count). The summed E-state index contributed by atoms with van der Waals surface area (Å²) in [6.45, 7) is 0.513. The fraction of sp³-hybridized carbons (Fsp3) is 0.100. The number of aromatic nitrogens is 1. The molecular weight excluding hydrogens is 364 g/mol. The average Bonchev–Trinajstić information content (AvgIpc) is 3.19. The van der Waals surface area contributed by atoms with E-state index >= 15 is 0 Å². The van der Waals surface area contributed by atoms with E-state index in [-0.39, 0.29) is 5.88 Å². The van der Waals surface area contributed by atoms with Crippen LogP contribution in [0.3, 0.4) is 0 Å². The van der Waals surface area contributed by atoms with E-state index in [1.165, 1.54) is 11.3 Å². The van der Waals surface area contributed by atoms with E-state index < -0.39 is 0 Å². The minimum Gasteiger partial charge on any atom is -0.497 e. The number of hydrogen-bond acceptors (Lipinski definition) is 5. The Hall–Kier alpha value is -2.70. The summed E-state index contributed by atoms with van der Waals surface area (Å²) in [7, 11) is 1.64. The fourth-order valence-electron chi connectivity index (χ4n) is 2.86. The summed E-state index contributed by atoms with van der Waals surface area (Å²) in [5, 5.41) is 10.7. The van der Waals surface area contributed by atoms with Crippen LogP contribution in [-0.2, 0) is 6.54 Å². The van der Waals surface area contributed by atoms with Crippen molar-refractivity contribution in [3.05, 3.63) is 68.5 Å². The lowest BCUT2D eigenvalue weighted by Gasteiger charge is -2.06. The largest absolute Gasteiger partial charge is 0.497 e. The van der Waals surface area contributed by atoms with Crippen LogP contribution in [0.1, 0.15) is 16.0 Å². The van der Waals surface area contributed by atoms with Crippen LogP contribution in [0.5, 0.6) is 11.6 Å². The van der Waals surface area contributed by atoms with E-state index in [2.05, 4.69) is 4.99 Å². The molecule has 0 fully saturated rings. The molecule has 130 valence electrons. The third-order valence-corrected chi connectivity index (χ3v) is 5.62. The van der Waals surface area contributed by atoms with Gasteiger partial charge in [0.2, 0.25) is 5.88 Å². The number of aromatic hydroxyl groups is 1. The van der Waals surface area contributed by atoms with Crippen molar-refractivity contribution in [1.82, 2.24) is 4.57 Å². The van der Waals surface area contributed by atoms with E-state index in [1.54, 1.807) is 11.7 Å². The summed E-state index contributed by atoms with van der Waals surface area (Å²) < 4.78 is 7.55. The van der Waals surface area contributed by atoms with Crippen LogP contribution < -0.4 is 4.74 Å². The summed E-state index contributed by atoms with van der Waals surface area (Å²) in [6.07, 6.45) is 3.76. The van der Waals surface area contributed by atoms with Gasteiger partial charge in [-0.15, -0.1) is 11.3 Å². The van der Waals surface area contributed by atoms with Crippen molar-refractivity contribution in [2.24, 2.45) is 4.99 Å². The molecule has 0 bridgehead atoms. The number of hydrogen-bond donors (Lipinski definition) is 1. The summed E-state index contributed by atoms with van der Waals surface area (Å²) in [4.78, 5) is 5.14. The smallest absolute Gasteiger partial charge is 0.210 e. The normalized spacial score (nSPS) is 14.0. The highest BCUT2D eigenvalue weighted by Crippen LogP contribution is 2.36.